The summed E-state index contributed by atoms with van der Waals surface area (Å²) in [4.78, 5) is 15.5. The van der Waals surface area contributed by atoms with Gasteiger partial charge in [0.05, 0.1) is 12.7 Å². The van der Waals surface area contributed by atoms with Crippen molar-refractivity contribution in [3.8, 4) is 16.9 Å². The molecular weight excluding hydrogens is 285 g/mol. The monoisotopic (exact) mass is 293 g/mol. The van der Waals surface area contributed by atoms with Gasteiger partial charge in [0.25, 0.3) is 0 Å². The lowest BCUT2D eigenvalue weighted by Gasteiger charge is -2.21. The first kappa shape index (κ1) is 12.9. The standard InChI is InChI=1S/C14H9ClFNO3/c1-19-14(18)9-4-12-8(3-11(9)16)10-5-17-13(15)2-7(10)6-20-12/h2-5H,6H2,1H3. The van der Waals surface area contributed by atoms with Crippen molar-refractivity contribution in [1.82, 2.24) is 4.98 Å². The minimum absolute atomic E-state index is 0.156. The van der Waals surface area contributed by atoms with Gasteiger partial charge in [-0.25, -0.2) is 14.2 Å². The average Bonchev–Trinajstić information content (AvgIpc) is 2.45. The van der Waals surface area contributed by atoms with Crippen LogP contribution in [0.4, 0.5) is 4.39 Å². The Balaban J connectivity index is 2.17. The number of aromatic nitrogens is 1. The second kappa shape index (κ2) is 4.76. The molecule has 0 aliphatic carbocycles. The van der Waals surface area contributed by atoms with Crippen LogP contribution in [0.5, 0.6) is 5.75 Å². The molecule has 0 unspecified atom stereocenters. The molecule has 1 aromatic heterocycles. The van der Waals surface area contributed by atoms with E-state index in [1.54, 1.807) is 12.3 Å². The van der Waals surface area contributed by atoms with Crippen LogP contribution in [0.3, 0.4) is 0 Å². The first-order valence-electron chi connectivity index (χ1n) is 5.79. The van der Waals surface area contributed by atoms with E-state index in [2.05, 4.69) is 9.72 Å². The van der Waals surface area contributed by atoms with Crippen molar-refractivity contribution in [1.29, 1.82) is 0 Å². The van der Waals surface area contributed by atoms with Crippen LogP contribution in [0.2, 0.25) is 5.15 Å². The lowest BCUT2D eigenvalue weighted by atomic mass is 9.97. The number of methoxy groups -OCH3 is 1. The summed E-state index contributed by atoms with van der Waals surface area (Å²) in [5.41, 5.74) is 1.95. The van der Waals surface area contributed by atoms with Crippen LogP contribution in [0.1, 0.15) is 15.9 Å². The molecule has 4 nitrogen and oxygen atoms in total. The lowest BCUT2D eigenvalue weighted by molar-refractivity contribution is 0.0595. The van der Waals surface area contributed by atoms with Crippen molar-refractivity contribution in [2.75, 3.05) is 7.11 Å². The fourth-order valence-corrected chi connectivity index (χ4v) is 2.32. The van der Waals surface area contributed by atoms with E-state index in [4.69, 9.17) is 16.3 Å². The fourth-order valence-electron chi connectivity index (χ4n) is 2.14. The summed E-state index contributed by atoms with van der Waals surface area (Å²) >= 11 is 5.82. The Bertz CT molecular complexity index is 718. The zero-order chi connectivity index (χ0) is 14.3. The van der Waals surface area contributed by atoms with Gasteiger partial charge in [0.2, 0.25) is 0 Å². The Morgan fingerprint density at radius 2 is 2.20 bits per heavy atom. The predicted molar refractivity (Wildman–Crippen MR) is 70.3 cm³/mol. The first-order valence-corrected chi connectivity index (χ1v) is 6.17. The molecule has 0 amide bonds. The minimum atomic E-state index is -0.742. The van der Waals surface area contributed by atoms with Gasteiger partial charge in [-0.1, -0.05) is 11.6 Å². The Morgan fingerprint density at radius 1 is 1.40 bits per heavy atom. The fraction of sp³-hybridized carbons (Fsp3) is 0.143. The highest BCUT2D eigenvalue weighted by Gasteiger charge is 2.23. The van der Waals surface area contributed by atoms with Crippen molar-refractivity contribution in [3.63, 3.8) is 0 Å². The Morgan fingerprint density at radius 3 is 2.95 bits per heavy atom. The second-order valence-electron chi connectivity index (χ2n) is 4.27. The topological polar surface area (TPSA) is 48.4 Å². The maximum Gasteiger partial charge on any atom is 0.340 e. The van der Waals surface area contributed by atoms with Crippen LogP contribution >= 0.6 is 11.6 Å². The lowest BCUT2D eigenvalue weighted by Crippen LogP contribution is -2.10. The Hall–Kier alpha value is -2.14. The van der Waals surface area contributed by atoms with Gasteiger partial charge in [-0.05, 0) is 18.2 Å². The number of esters is 1. The summed E-state index contributed by atoms with van der Waals surface area (Å²) < 4.78 is 24.0. The number of benzene rings is 1. The highest BCUT2D eigenvalue weighted by molar-refractivity contribution is 6.29. The number of pyridine rings is 1. The maximum atomic E-state index is 14.0. The molecule has 1 aromatic carbocycles. The van der Waals surface area contributed by atoms with E-state index in [-0.39, 0.29) is 12.2 Å². The highest BCUT2D eigenvalue weighted by Crippen LogP contribution is 2.39. The Labute approximate surface area is 119 Å². The second-order valence-corrected chi connectivity index (χ2v) is 4.66. The van der Waals surface area contributed by atoms with Gasteiger partial charge >= 0.3 is 5.97 Å². The van der Waals surface area contributed by atoms with Gasteiger partial charge in [0, 0.05) is 22.9 Å². The molecule has 102 valence electrons. The zero-order valence-electron chi connectivity index (χ0n) is 10.4. The predicted octanol–water partition coefficient (Wildman–Crippen LogP) is 3.22. The largest absolute Gasteiger partial charge is 0.488 e. The van der Waals surface area contributed by atoms with Crippen molar-refractivity contribution < 1.29 is 18.7 Å². The van der Waals surface area contributed by atoms with Crippen molar-refractivity contribution in [2.45, 2.75) is 6.61 Å². The summed E-state index contributed by atoms with van der Waals surface area (Å²) in [7, 11) is 1.20. The van der Waals surface area contributed by atoms with E-state index in [0.717, 1.165) is 11.1 Å². The van der Waals surface area contributed by atoms with E-state index in [0.29, 0.717) is 16.5 Å². The summed E-state index contributed by atoms with van der Waals surface area (Å²) in [6.45, 7) is 0.289. The molecule has 0 saturated carbocycles. The van der Waals surface area contributed by atoms with Crippen molar-refractivity contribution in [2.24, 2.45) is 0 Å². The molecule has 1 aliphatic heterocycles. The van der Waals surface area contributed by atoms with Crippen LogP contribution in [-0.4, -0.2) is 18.1 Å². The quantitative estimate of drug-likeness (QED) is 0.598. The normalized spacial score (nSPS) is 12.2. The van der Waals surface area contributed by atoms with Gasteiger partial charge < -0.3 is 9.47 Å². The molecule has 0 saturated heterocycles. The average molecular weight is 294 g/mol. The molecule has 0 fully saturated rings. The third-order valence-electron chi connectivity index (χ3n) is 3.10. The number of nitrogens with zero attached hydrogens (tertiary/aromatic N) is 1. The number of ether oxygens (including phenoxy) is 2. The molecule has 0 N–H and O–H groups in total. The number of hydrogen-bond acceptors (Lipinski definition) is 4. The molecule has 0 radical (unpaired) electrons. The van der Waals surface area contributed by atoms with Crippen LogP contribution < -0.4 is 4.74 Å². The van der Waals surface area contributed by atoms with Gasteiger partial charge in [-0.15, -0.1) is 0 Å². The molecule has 6 heteroatoms. The molecule has 20 heavy (non-hydrogen) atoms. The minimum Gasteiger partial charge on any atom is -0.488 e. The van der Waals surface area contributed by atoms with Gasteiger partial charge in [0.1, 0.15) is 23.3 Å². The maximum absolute atomic E-state index is 14.0. The summed E-state index contributed by atoms with van der Waals surface area (Å²) in [6, 6.07) is 4.26. The number of carbonyl (C=O) groups excluding carboxylic acids is 1. The van der Waals surface area contributed by atoms with E-state index >= 15 is 0 Å². The van der Waals surface area contributed by atoms with Gasteiger partial charge in [-0.2, -0.15) is 0 Å². The SMILES string of the molecule is COC(=O)c1cc2c(cc1F)-c1cnc(Cl)cc1CO2. The van der Waals surface area contributed by atoms with E-state index in [1.165, 1.54) is 19.2 Å². The number of halogens is 2. The molecule has 2 heterocycles. The third-order valence-corrected chi connectivity index (χ3v) is 3.31. The molecule has 0 bridgehead atoms. The molecule has 0 atom stereocenters. The summed E-state index contributed by atoms with van der Waals surface area (Å²) in [5.74, 6) is -0.987. The molecule has 3 rings (SSSR count). The Kier molecular flexibility index (Phi) is 3.06. The van der Waals surface area contributed by atoms with Crippen molar-refractivity contribution in [3.05, 3.63) is 46.5 Å². The third kappa shape index (κ3) is 2.00. The number of carbonyl (C=O) groups is 1. The van der Waals surface area contributed by atoms with E-state index < -0.39 is 11.8 Å². The first-order chi connectivity index (χ1) is 9.60. The number of hydrogen-bond donors (Lipinski definition) is 0. The van der Waals surface area contributed by atoms with Gasteiger partial charge in [-0.3, -0.25) is 0 Å². The van der Waals surface area contributed by atoms with Crippen LogP contribution in [0.15, 0.2) is 24.4 Å². The highest BCUT2D eigenvalue weighted by atomic mass is 35.5. The smallest absolute Gasteiger partial charge is 0.340 e. The molecule has 1 aliphatic rings. The number of rotatable bonds is 1. The van der Waals surface area contributed by atoms with Crippen LogP contribution in [0, 0.1) is 5.82 Å². The van der Waals surface area contributed by atoms with Crippen LogP contribution in [-0.2, 0) is 11.3 Å². The van der Waals surface area contributed by atoms with Crippen molar-refractivity contribution >= 4 is 17.6 Å². The molecule has 2 aromatic rings. The molecule has 0 spiro atoms. The van der Waals surface area contributed by atoms with Crippen LogP contribution in [0.25, 0.3) is 11.1 Å². The summed E-state index contributed by atoms with van der Waals surface area (Å²) in [5, 5.41) is 0.349. The van der Waals surface area contributed by atoms with E-state index in [1.807, 2.05) is 0 Å². The summed E-state index contributed by atoms with van der Waals surface area (Å²) in [6.07, 6.45) is 1.57. The van der Waals surface area contributed by atoms with E-state index in [9.17, 15) is 9.18 Å². The number of fused-ring (bicyclic) bond motifs is 3. The molecular formula is C14H9ClFNO3. The zero-order valence-corrected chi connectivity index (χ0v) is 11.2. The van der Waals surface area contributed by atoms with Gasteiger partial charge in [0.15, 0.2) is 0 Å².